The van der Waals surface area contributed by atoms with Gasteiger partial charge in [-0.3, -0.25) is 19.0 Å². The lowest BCUT2D eigenvalue weighted by molar-refractivity contribution is -0.129. The van der Waals surface area contributed by atoms with E-state index < -0.39 is 11.5 Å². The van der Waals surface area contributed by atoms with Gasteiger partial charge in [0.25, 0.3) is 11.5 Å². The van der Waals surface area contributed by atoms with Crippen molar-refractivity contribution in [2.75, 3.05) is 26.3 Å². The number of nitrogens with zero attached hydrogens (tertiary/aromatic N) is 4. The van der Waals surface area contributed by atoms with Crippen molar-refractivity contribution in [2.24, 2.45) is 5.92 Å². The van der Waals surface area contributed by atoms with Gasteiger partial charge in [0.05, 0.1) is 18.9 Å². The monoisotopic (exact) mass is 457 g/mol. The Morgan fingerprint density at radius 2 is 1.97 bits per heavy atom. The highest BCUT2D eigenvalue weighted by molar-refractivity contribution is 5.97. The average molecular weight is 458 g/mol. The maximum Gasteiger partial charge on any atom is 0.291 e. The lowest BCUT2D eigenvalue weighted by atomic mass is 10.1. The quantitative estimate of drug-likeness (QED) is 0.603. The molecule has 1 aliphatic heterocycles. The number of carbonyl (C=O) groups excluding carboxylic acids is 2. The number of hydrogen-bond donors (Lipinski definition) is 2. The molecular formula is C23H31N5O5. The lowest BCUT2D eigenvalue weighted by Crippen LogP contribution is -2.39. The van der Waals surface area contributed by atoms with Gasteiger partial charge >= 0.3 is 0 Å². The second-order valence-electron chi connectivity index (χ2n) is 8.98. The number of nitrogens with one attached hydrogen (secondary N) is 1. The smallest absolute Gasteiger partial charge is 0.291 e. The highest BCUT2D eigenvalue weighted by atomic mass is 16.5. The fourth-order valence-corrected chi connectivity index (χ4v) is 4.00. The maximum atomic E-state index is 13.3. The maximum absolute atomic E-state index is 13.3. The van der Waals surface area contributed by atoms with Crippen LogP contribution in [0.25, 0.3) is 11.7 Å². The first-order valence-corrected chi connectivity index (χ1v) is 11.5. The summed E-state index contributed by atoms with van der Waals surface area (Å²) in [7, 11) is 0. The van der Waals surface area contributed by atoms with Gasteiger partial charge in [-0.15, -0.1) is 0 Å². The van der Waals surface area contributed by atoms with E-state index in [0.717, 1.165) is 12.8 Å². The van der Waals surface area contributed by atoms with E-state index in [9.17, 15) is 19.5 Å². The van der Waals surface area contributed by atoms with Crippen LogP contribution < -0.4 is 10.9 Å². The topological polar surface area (TPSA) is 118 Å². The second kappa shape index (κ2) is 9.38. The number of rotatable bonds is 7. The molecule has 0 spiro atoms. The summed E-state index contributed by atoms with van der Waals surface area (Å²) < 4.78 is 8.04. The molecule has 10 heteroatoms. The van der Waals surface area contributed by atoms with Crippen molar-refractivity contribution in [3.63, 3.8) is 0 Å². The molecule has 0 bridgehead atoms. The minimum atomic E-state index is -0.672. The van der Waals surface area contributed by atoms with Gasteiger partial charge in [-0.2, -0.15) is 9.61 Å². The Kier molecular flexibility index (Phi) is 6.55. The molecule has 2 amide bonds. The predicted molar refractivity (Wildman–Crippen MR) is 122 cm³/mol. The van der Waals surface area contributed by atoms with E-state index >= 15 is 0 Å². The molecule has 2 fully saturated rings. The molecular weight excluding hydrogens is 426 g/mol. The molecule has 178 valence electrons. The van der Waals surface area contributed by atoms with Crippen LogP contribution in [0.1, 0.15) is 55.2 Å². The molecule has 0 atom stereocenters. The summed E-state index contributed by atoms with van der Waals surface area (Å²) in [5.41, 5.74) is 0.586. The van der Waals surface area contributed by atoms with Crippen LogP contribution in [0.15, 0.2) is 10.9 Å². The fraction of sp³-hybridized carbons (Fsp3) is 0.565. The van der Waals surface area contributed by atoms with Crippen molar-refractivity contribution in [2.45, 2.75) is 52.6 Å². The van der Waals surface area contributed by atoms with Crippen LogP contribution in [0.5, 0.6) is 5.88 Å². The Balaban J connectivity index is 1.84. The molecule has 1 aliphatic carbocycles. The van der Waals surface area contributed by atoms with Gasteiger partial charge in [-0.25, -0.2) is 0 Å². The van der Waals surface area contributed by atoms with Crippen molar-refractivity contribution >= 4 is 23.5 Å². The first-order valence-electron chi connectivity index (χ1n) is 11.5. The Hall–Kier alpha value is -3.14. The van der Waals surface area contributed by atoms with E-state index in [1.807, 2.05) is 20.8 Å². The van der Waals surface area contributed by atoms with Gasteiger partial charge in [0.1, 0.15) is 5.65 Å². The number of hydrogen-bond acceptors (Lipinski definition) is 6. The number of aromatic nitrogens is 3. The van der Waals surface area contributed by atoms with E-state index in [0.29, 0.717) is 56.2 Å². The molecule has 2 aliphatic rings. The van der Waals surface area contributed by atoms with E-state index in [-0.39, 0.29) is 29.3 Å². The zero-order chi connectivity index (χ0) is 23.7. The summed E-state index contributed by atoms with van der Waals surface area (Å²) in [6.07, 6.45) is 5.36. The average Bonchev–Trinajstić information content (AvgIpc) is 3.52. The number of amides is 2. The standard InChI is InChI=1S/C23H31N5O5/c1-4-17-16(7-8-18(29)26-9-11-33-12-10-26)21-27(13-14(2)3)22(31)19(23(32)28(21)25-17)20(30)24-15-5-6-15/h7-8,14-15,31H,4-6,9-13H2,1-3H3,(H,24,30)/b8-7+. The van der Waals surface area contributed by atoms with Crippen molar-refractivity contribution in [1.29, 1.82) is 0 Å². The third kappa shape index (κ3) is 4.66. The van der Waals surface area contributed by atoms with Crippen LogP contribution in [0.3, 0.4) is 0 Å². The summed E-state index contributed by atoms with van der Waals surface area (Å²) in [5, 5.41) is 18.3. The van der Waals surface area contributed by atoms with Crippen molar-refractivity contribution < 1.29 is 19.4 Å². The van der Waals surface area contributed by atoms with E-state index in [4.69, 9.17) is 4.74 Å². The summed E-state index contributed by atoms with van der Waals surface area (Å²) in [4.78, 5) is 40.4. The zero-order valence-corrected chi connectivity index (χ0v) is 19.3. The minimum Gasteiger partial charge on any atom is -0.494 e. The second-order valence-corrected chi connectivity index (χ2v) is 8.98. The van der Waals surface area contributed by atoms with E-state index in [1.165, 1.54) is 10.6 Å². The minimum absolute atomic E-state index is 0.0408. The van der Waals surface area contributed by atoms with Crippen molar-refractivity contribution in [1.82, 2.24) is 24.4 Å². The number of morpholine rings is 1. The summed E-state index contributed by atoms with van der Waals surface area (Å²) >= 11 is 0. The molecule has 1 saturated heterocycles. The Morgan fingerprint density at radius 3 is 2.58 bits per heavy atom. The van der Waals surface area contributed by atoms with Crippen LogP contribution in [0.2, 0.25) is 0 Å². The van der Waals surface area contributed by atoms with Gasteiger partial charge in [0.2, 0.25) is 11.8 Å². The van der Waals surface area contributed by atoms with Crippen LogP contribution in [0.4, 0.5) is 0 Å². The molecule has 2 aromatic heterocycles. The Bertz CT molecular complexity index is 1150. The molecule has 0 radical (unpaired) electrons. The van der Waals surface area contributed by atoms with Crippen molar-refractivity contribution in [3.05, 3.63) is 33.3 Å². The first kappa shape index (κ1) is 23.0. The van der Waals surface area contributed by atoms with Gasteiger partial charge in [-0.05, 0) is 31.3 Å². The van der Waals surface area contributed by atoms with Gasteiger partial charge in [0.15, 0.2) is 5.56 Å². The van der Waals surface area contributed by atoms with Gasteiger partial charge in [0, 0.05) is 37.3 Å². The Labute approximate surface area is 191 Å². The van der Waals surface area contributed by atoms with Crippen LogP contribution in [0, 0.1) is 5.92 Å². The molecule has 3 heterocycles. The lowest BCUT2D eigenvalue weighted by Gasteiger charge is -2.25. The molecule has 33 heavy (non-hydrogen) atoms. The largest absolute Gasteiger partial charge is 0.494 e. The number of fused-ring (bicyclic) bond motifs is 1. The zero-order valence-electron chi connectivity index (χ0n) is 19.3. The fourth-order valence-electron chi connectivity index (χ4n) is 4.00. The predicted octanol–water partition coefficient (Wildman–Crippen LogP) is 1.18. The molecule has 10 nitrogen and oxygen atoms in total. The Morgan fingerprint density at radius 1 is 1.27 bits per heavy atom. The molecule has 0 aromatic carbocycles. The SMILES string of the molecule is CCc1nn2c(=O)c(C(=O)NC3CC3)c(O)n(CC(C)C)c2c1/C=C/C(=O)N1CCOCC1. The third-order valence-corrected chi connectivity index (χ3v) is 5.85. The van der Waals surface area contributed by atoms with Crippen LogP contribution >= 0.6 is 0 Å². The molecule has 2 N–H and O–H groups in total. The van der Waals surface area contributed by atoms with E-state index in [2.05, 4.69) is 10.4 Å². The number of aryl methyl sites for hydroxylation is 1. The summed E-state index contributed by atoms with van der Waals surface area (Å²) in [6, 6.07) is 0.0408. The van der Waals surface area contributed by atoms with Crippen molar-refractivity contribution in [3.8, 4) is 5.88 Å². The molecule has 4 rings (SSSR count). The number of ether oxygens (including phenoxy) is 1. The molecule has 0 unspecified atom stereocenters. The highest BCUT2D eigenvalue weighted by Crippen LogP contribution is 2.26. The van der Waals surface area contributed by atoms with Crippen LogP contribution in [-0.4, -0.2) is 68.3 Å². The number of carbonyl (C=O) groups is 2. The van der Waals surface area contributed by atoms with Gasteiger partial charge < -0.3 is 20.1 Å². The normalized spacial score (nSPS) is 16.8. The molecule has 1 saturated carbocycles. The van der Waals surface area contributed by atoms with E-state index in [1.54, 1.807) is 15.5 Å². The summed E-state index contributed by atoms with van der Waals surface area (Å²) in [6.45, 7) is 8.29. The van der Waals surface area contributed by atoms with Gasteiger partial charge in [-0.1, -0.05) is 20.8 Å². The molecule has 2 aromatic rings. The third-order valence-electron chi connectivity index (χ3n) is 5.85. The van der Waals surface area contributed by atoms with Crippen LogP contribution in [-0.2, 0) is 22.5 Å². The summed E-state index contributed by atoms with van der Waals surface area (Å²) in [5.74, 6) is -1.00. The number of aromatic hydroxyl groups is 1. The highest BCUT2D eigenvalue weighted by Gasteiger charge is 2.30. The first-order chi connectivity index (χ1) is 15.8.